The number of benzene rings is 1. The van der Waals surface area contributed by atoms with E-state index in [0.717, 1.165) is 5.56 Å². The fraction of sp³-hybridized carbons (Fsp3) is 0.500. The quantitative estimate of drug-likeness (QED) is 0.881. The van der Waals surface area contributed by atoms with E-state index in [-0.39, 0.29) is 18.4 Å². The number of likely N-dealkylation sites (tertiary alicyclic amines) is 1. The summed E-state index contributed by atoms with van der Waals surface area (Å²) in [5.41, 5.74) is 0.317. The van der Waals surface area contributed by atoms with Crippen molar-refractivity contribution in [2.24, 2.45) is 0 Å². The molecule has 1 atom stereocenters. The highest BCUT2D eigenvalue weighted by Crippen LogP contribution is 2.41. The Bertz CT molecular complexity index is 678. The van der Waals surface area contributed by atoms with Crippen LogP contribution < -0.4 is 0 Å². The van der Waals surface area contributed by atoms with Gasteiger partial charge in [-0.2, -0.15) is 0 Å². The Morgan fingerprint density at radius 3 is 2.76 bits per heavy atom. The smallest absolute Gasteiger partial charge is 0.329 e. The van der Waals surface area contributed by atoms with Crippen molar-refractivity contribution in [3.63, 3.8) is 0 Å². The van der Waals surface area contributed by atoms with Gasteiger partial charge < -0.3 is 9.84 Å². The minimum absolute atomic E-state index is 0.0847. The summed E-state index contributed by atoms with van der Waals surface area (Å²) in [7, 11) is -3.22. The van der Waals surface area contributed by atoms with Gasteiger partial charge in [0.25, 0.3) is 0 Å². The van der Waals surface area contributed by atoms with Gasteiger partial charge in [0.05, 0.1) is 22.3 Å². The van der Waals surface area contributed by atoms with Gasteiger partial charge in [-0.05, 0) is 18.6 Å². The van der Waals surface area contributed by atoms with Gasteiger partial charge in [0.2, 0.25) is 0 Å². The maximum atomic E-state index is 12.1. The molecule has 0 radical (unpaired) electrons. The maximum Gasteiger partial charge on any atom is 0.329 e. The predicted octanol–water partition coefficient (Wildman–Crippen LogP) is 0.690. The molecule has 0 saturated carbocycles. The topological polar surface area (TPSA) is 83.9 Å². The summed E-state index contributed by atoms with van der Waals surface area (Å²) in [6.45, 7) is 2.59. The first kappa shape index (κ1) is 14.5. The second kappa shape index (κ2) is 4.79. The molecule has 2 aliphatic rings. The monoisotopic (exact) mass is 311 g/mol. The number of fused-ring (bicyclic) bond motifs is 1. The van der Waals surface area contributed by atoms with Gasteiger partial charge in [-0.3, -0.25) is 4.90 Å². The Kier molecular flexibility index (Phi) is 3.31. The molecule has 1 N–H and O–H groups in total. The summed E-state index contributed by atoms with van der Waals surface area (Å²) in [6.07, 6.45) is 0. The van der Waals surface area contributed by atoms with Gasteiger partial charge >= 0.3 is 5.97 Å². The lowest BCUT2D eigenvalue weighted by Gasteiger charge is -2.50. The van der Waals surface area contributed by atoms with Crippen molar-refractivity contribution in [1.29, 1.82) is 0 Å². The summed E-state index contributed by atoms with van der Waals surface area (Å²) in [5.74, 6) is -0.912. The predicted molar refractivity (Wildman–Crippen MR) is 74.8 cm³/mol. The number of ether oxygens (including phenoxy) is 1. The standard InChI is InChI=1S/C14H17NO5S/c1-14(20-6-13(16)17)8-15(9-14)11-7-21(18,19)12-5-3-2-4-10(11)12/h2-5,11H,6-9H2,1H3,(H,16,17). The lowest BCUT2D eigenvalue weighted by atomic mass is 9.92. The molecule has 0 aliphatic carbocycles. The van der Waals surface area contributed by atoms with E-state index in [4.69, 9.17) is 9.84 Å². The van der Waals surface area contributed by atoms with E-state index >= 15 is 0 Å². The van der Waals surface area contributed by atoms with Gasteiger partial charge in [0.15, 0.2) is 9.84 Å². The lowest BCUT2D eigenvalue weighted by Crippen LogP contribution is -2.62. The fourth-order valence-corrected chi connectivity index (χ4v) is 4.92. The molecule has 0 amide bonds. The van der Waals surface area contributed by atoms with E-state index in [2.05, 4.69) is 0 Å². The summed E-state index contributed by atoms with van der Waals surface area (Å²) in [5, 5.41) is 8.65. The molecule has 0 aromatic heterocycles. The van der Waals surface area contributed by atoms with Crippen molar-refractivity contribution in [1.82, 2.24) is 4.90 Å². The van der Waals surface area contributed by atoms with Crippen LogP contribution in [0.5, 0.6) is 0 Å². The van der Waals surface area contributed by atoms with Gasteiger partial charge in [0.1, 0.15) is 6.61 Å². The van der Waals surface area contributed by atoms with Gasteiger partial charge in [-0.1, -0.05) is 18.2 Å². The molecule has 2 aliphatic heterocycles. The third kappa shape index (κ3) is 2.56. The second-order valence-corrected chi connectivity index (χ2v) is 7.87. The molecular weight excluding hydrogens is 294 g/mol. The minimum atomic E-state index is -3.22. The van der Waals surface area contributed by atoms with Crippen molar-refractivity contribution in [2.75, 3.05) is 25.4 Å². The van der Waals surface area contributed by atoms with Crippen LogP contribution in [-0.4, -0.2) is 55.4 Å². The Hall–Kier alpha value is -1.44. The molecule has 1 unspecified atom stereocenters. The molecule has 1 saturated heterocycles. The van der Waals surface area contributed by atoms with E-state index in [9.17, 15) is 13.2 Å². The summed E-state index contributed by atoms with van der Waals surface area (Å²) in [6, 6.07) is 6.90. The summed E-state index contributed by atoms with van der Waals surface area (Å²) < 4.78 is 29.7. The van der Waals surface area contributed by atoms with Crippen LogP contribution in [0.4, 0.5) is 0 Å². The molecule has 114 valence electrons. The highest BCUT2D eigenvalue weighted by molar-refractivity contribution is 7.91. The van der Waals surface area contributed by atoms with E-state index in [1.165, 1.54) is 0 Å². The molecular formula is C14H17NO5S. The number of carboxylic acids is 1. The molecule has 3 rings (SSSR count). The number of hydrogen-bond donors (Lipinski definition) is 1. The zero-order chi connectivity index (χ0) is 15.3. The van der Waals surface area contributed by atoms with Crippen molar-refractivity contribution in [3.8, 4) is 0 Å². The zero-order valence-corrected chi connectivity index (χ0v) is 12.5. The Balaban J connectivity index is 1.73. The lowest BCUT2D eigenvalue weighted by molar-refractivity contribution is -0.168. The molecule has 1 aromatic carbocycles. The van der Waals surface area contributed by atoms with Gasteiger partial charge in [-0.15, -0.1) is 0 Å². The Morgan fingerprint density at radius 1 is 1.43 bits per heavy atom. The van der Waals surface area contributed by atoms with Crippen molar-refractivity contribution >= 4 is 15.8 Å². The van der Waals surface area contributed by atoms with Crippen molar-refractivity contribution < 1.29 is 23.1 Å². The van der Waals surface area contributed by atoms with E-state index in [1.807, 2.05) is 24.0 Å². The number of carbonyl (C=O) groups is 1. The molecule has 1 aromatic rings. The first-order valence-corrected chi connectivity index (χ1v) is 8.37. The first-order valence-electron chi connectivity index (χ1n) is 6.72. The number of nitrogens with zero attached hydrogens (tertiary/aromatic N) is 1. The third-order valence-electron chi connectivity index (χ3n) is 4.05. The molecule has 21 heavy (non-hydrogen) atoms. The van der Waals surface area contributed by atoms with E-state index in [1.54, 1.807) is 12.1 Å². The SMILES string of the molecule is CC1(OCC(=O)O)CN(C2CS(=O)(=O)c3ccccc32)C1. The van der Waals surface area contributed by atoms with E-state index < -0.39 is 21.4 Å². The highest BCUT2D eigenvalue weighted by Gasteiger charge is 2.48. The fourth-order valence-electron chi connectivity index (χ4n) is 3.09. The number of carboxylic acid groups (broad SMARTS) is 1. The van der Waals surface area contributed by atoms with Crippen LogP contribution in [0.25, 0.3) is 0 Å². The molecule has 2 heterocycles. The average molecular weight is 311 g/mol. The summed E-state index contributed by atoms with van der Waals surface area (Å²) >= 11 is 0. The average Bonchev–Trinajstić information content (AvgIpc) is 2.66. The molecule has 1 fully saturated rings. The number of sulfone groups is 1. The molecule has 0 bridgehead atoms. The van der Waals surface area contributed by atoms with Crippen LogP contribution in [0.3, 0.4) is 0 Å². The minimum Gasteiger partial charge on any atom is -0.480 e. The highest BCUT2D eigenvalue weighted by atomic mass is 32.2. The van der Waals surface area contributed by atoms with Crippen LogP contribution in [-0.2, 0) is 19.4 Å². The summed E-state index contributed by atoms with van der Waals surface area (Å²) in [4.78, 5) is 13.0. The van der Waals surface area contributed by atoms with Crippen LogP contribution in [0.1, 0.15) is 18.5 Å². The Labute approximate surface area is 123 Å². The van der Waals surface area contributed by atoms with Crippen molar-refractivity contribution in [3.05, 3.63) is 29.8 Å². The van der Waals surface area contributed by atoms with Crippen LogP contribution in [0.15, 0.2) is 29.2 Å². The molecule has 7 heteroatoms. The molecule has 0 spiro atoms. The second-order valence-electron chi connectivity index (χ2n) is 5.87. The number of hydrogen-bond acceptors (Lipinski definition) is 5. The number of rotatable bonds is 4. The van der Waals surface area contributed by atoms with Gasteiger partial charge in [-0.25, -0.2) is 13.2 Å². The number of aliphatic carboxylic acids is 1. The van der Waals surface area contributed by atoms with Crippen LogP contribution >= 0.6 is 0 Å². The van der Waals surface area contributed by atoms with Crippen molar-refractivity contribution in [2.45, 2.75) is 23.5 Å². The largest absolute Gasteiger partial charge is 0.480 e. The third-order valence-corrected chi connectivity index (χ3v) is 5.85. The zero-order valence-electron chi connectivity index (χ0n) is 11.7. The van der Waals surface area contributed by atoms with E-state index in [0.29, 0.717) is 18.0 Å². The molecule has 6 nitrogen and oxygen atoms in total. The normalized spacial score (nSPS) is 26.0. The van der Waals surface area contributed by atoms with Gasteiger partial charge in [0, 0.05) is 13.1 Å². The maximum absolute atomic E-state index is 12.1. The van der Waals surface area contributed by atoms with Crippen LogP contribution in [0.2, 0.25) is 0 Å². The Morgan fingerprint density at radius 2 is 2.10 bits per heavy atom. The van der Waals surface area contributed by atoms with Crippen LogP contribution in [0, 0.1) is 0 Å². The first-order chi connectivity index (χ1) is 9.81.